The number of hydrogen-bond acceptors (Lipinski definition) is 4. The summed E-state index contributed by atoms with van der Waals surface area (Å²) >= 11 is 0. The van der Waals surface area contributed by atoms with E-state index in [1.807, 2.05) is 6.92 Å². The van der Waals surface area contributed by atoms with Crippen LogP contribution in [0.4, 0.5) is 14.6 Å². The van der Waals surface area contributed by atoms with Crippen molar-refractivity contribution in [2.75, 3.05) is 4.90 Å². The van der Waals surface area contributed by atoms with Gasteiger partial charge in [-0.2, -0.15) is 4.98 Å². The van der Waals surface area contributed by atoms with Gasteiger partial charge in [-0.3, -0.25) is 4.57 Å². The van der Waals surface area contributed by atoms with Gasteiger partial charge in [0.05, 0.1) is 12.1 Å². The van der Waals surface area contributed by atoms with Gasteiger partial charge in [0.1, 0.15) is 12.4 Å². The predicted molar refractivity (Wildman–Crippen MR) is 88.7 cm³/mol. The average Bonchev–Trinajstić information content (AvgIpc) is 3.03. The number of halogens is 2. The molecule has 0 radical (unpaired) electrons. The molecule has 130 valence electrons. The molecule has 1 aromatic carbocycles. The molecule has 0 N–H and O–H groups in total. The Balaban J connectivity index is 1.64. The van der Waals surface area contributed by atoms with Crippen LogP contribution in [0.25, 0.3) is 0 Å². The van der Waals surface area contributed by atoms with Crippen LogP contribution in [-0.2, 0) is 13.2 Å². The van der Waals surface area contributed by atoms with Gasteiger partial charge >= 0.3 is 5.69 Å². The fourth-order valence-electron chi connectivity index (χ4n) is 3.60. The number of hydrogen-bond donors (Lipinski definition) is 0. The van der Waals surface area contributed by atoms with Crippen molar-refractivity contribution in [1.29, 1.82) is 0 Å². The van der Waals surface area contributed by atoms with E-state index in [2.05, 4.69) is 29.0 Å². The van der Waals surface area contributed by atoms with Crippen molar-refractivity contribution in [1.82, 2.24) is 9.55 Å². The molecular formula is C18H17F2N3O2. The number of ether oxygens (including phenoxy) is 1. The Hall–Kier alpha value is -2.70. The van der Waals surface area contributed by atoms with Crippen LogP contribution in [0, 0.1) is 11.6 Å². The third-order valence-electron chi connectivity index (χ3n) is 4.79. The van der Waals surface area contributed by atoms with Gasteiger partial charge in [-0.1, -0.05) is 24.3 Å². The minimum absolute atomic E-state index is 0.0726. The molecule has 5 nitrogen and oxygen atoms in total. The zero-order chi connectivity index (χ0) is 17.8. The summed E-state index contributed by atoms with van der Waals surface area (Å²) in [4.78, 5) is 18.4. The maximum atomic E-state index is 13.7. The van der Waals surface area contributed by atoms with E-state index in [1.54, 1.807) is 10.6 Å². The van der Waals surface area contributed by atoms with Crippen LogP contribution < -0.4 is 15.3 Å². The van der Waals surface area contributed by atoms with Gasteiger partial charge in [0.15, 0.2) is 11.6 Å². The van der Waals surface area contributed by atoms with Crippen LogP contribution in [0.5, 0.6) is 5.88 Å². The Morgan fingerprint density at radius 2 is 2.20 bits per heavy atom. The van der Waals surface area contributed by atoms with Crippen molar-refractivity contribution >= 4 is 5.82 Å². The third-order valence-corrected chi connectivity index (χ3v) is 4.79. The lowest BCUT2D eigenvalue weighted by atomic mass is 10.0. The number of aromatic nitrogens is 2. The average molecular weight is 345 g/mol. The fourth-order valence-corrected chi connectivity index (χ4v) is 3.60. The van der Waals surface area contributed by atoms with Crippen molar-refractivity contribution in [3.05, 3.63) is 64.1 Å². The smallest absolute Gasteiger partial charge is 0.352 e. The third kappa shape index (κ3) is 2.42. The molecule has 0 saturated heterocycles. The van der Waals surface area contributed by atoms with Crippen LogP contribution in [-0.4, -0.2) is 21.1 Å². The highest BCUT2D eigenvalue weighted by Gasteiger charge is 2.44. The van der Waals surface area contributed by atoms with Crippen molar-refractivity contribution in [2.45, 2.75) is 38.6 Å². The number of benzene rings is 1. The van der Waals surface area contributed by atoms with Crippen molar-refractivity contribution in [3.63, 3.8) is 0 Å². The summed E-state index contributed by atoms with van der Waals surface area (Å²) in [7, 11) is 0. The highest BCUT2D eigenvalue weighted by atomic mass is 19.2. The molecule has 2 aliphatic rings. The number of fused-ring (bicyclic) bond motifs is 3. The zero-order valence-electron chi connectivity index (χ0n) is 13.9. The van der Waals surface area contributed by atoms with Crippen LogP contribution in [0.3, 0.4) is 0 Å². The second-order valence-electron chi connectivity index (χ2n) is 6.65. The standard InChI is InChI=1S/C18H17F2N3O2/c1-11-6-7-18(2)10-22-15(23(11)18)8-14(21-17(22)24)25-9-12-4-3-5-13(19)16(12)20/h3-8,11H,9-10H2,1-2H3. The van der Waals surface area contributed by atoms with E-state index in [0.29, 0.717) is 6.54 Å². The molecule has 25 heavy (non-hydrogen) atoms. The van der Waals surface area contributed by atoms with E-state index in [9.17, 15) is 13.6 Å². The van der Waals surface area contributed by atoms with Crippen LogP contribution in [0.1, 0.15) is 19.4 Å². The summed E-state index contributed by atoms with van der Waals surface area (Å²) in [5, 5.41) is 0. The van der Waals surface area contributed by atoms with Gasteiger partial charge in [-0.25, -0.2) is 13.6 Å². The fraction of sp³-hybridized carbons (Fsp3) is 0.333. The Morgan fingerprint density at radius 1 is 1.40 bits per heavy atom. The molecule has 2 unspecified atom stereocenters. The topological polar surface area (TPSA) is 47.4 Å². The Morgan fingerprint density at radius 3 is 3.00 bits per heavy atom. The lowest BCUT2D eigenvalue weighted by molar-refractivity contribution is 0.283. The first-order valence-corrected chi connectivity index (χ1v) is 8.05. The van der Waals surface area contributed by atoms with Gasteiger partial charge in [-0.15, -0.1) is 0 Å². The molecule has 2 aromatic rings. The first kappa shape index (κ1) is 15.8. The normalized spacial score (nSPS) is 23.7. The van der Waals surface area contributed by atoms with Gasteiger partial charge < -0.3 is 9.64 Å². The lowest BCUT2D eigenvalue weighted by Gasteiger charge is -2.31. The van der Waals surface area contributed by atoms with Gasteiger partial charge in [0.25, 0.3) is 0 Å². The van der Waals surface area contributed by atoms with E-state index in [-0.39, 0.29) is 29.6 Å². The number of rotatable bonds is 3. The maximum absolute atomic E-state index is 13.7. The summed E-state index contributed by atoms with van der Waals surface area (Å²) in [5.41, 5.74) is -0.604. The Bertz CT molecular complexity index is 940. The van der Waals surface area contributed by atoms with Crippen molar-refractivity contribution < 1.29 is 13.5 Å². The zero-order valence-corrected chi connectivity index (χ0v) is 13.9. The van der Waals surface area contributed by atoms with Gasteiger partial charge in [0.2, 0.25) is 5.88 Å². The molecule has 4 rings (SSSR count). The Labute approximate surface area is 143 Å². The highest BCUT2D eigenvalue weighted by molar-refractivity contribution is 5.56. The molecular weight excluding hydrogens is 328 g/mol. The molecule has 0 amide bonds. The van der Waals surface area contributed by atoms with Crippen LogP contribution in [0.15, 0.2) is 41.2 Å². The van der Waals surface area contributed by atoms with E-state index in [4.69, 9.17) is 4.74 Å². The van der Waals surface area contributed by atoms with E-state index in [0.717, 1.165) is 11.9 Å². The molecule has 0 fully saturated rings. The molecule has 7 heteroatoms. The molecule has 0 saturated carbocycles. The summed E-state index contributed by atoms with van der Waals surface area (Å²) in [6, 6.07) is 5.70. The van der Waals surface area contributed by atoms with Crippen molar-refractivity contribution in [2.24, 2.45) is 0 Å². The monoisotopic (exact) mass is 345 g/mol. The first-order valence-electron chi connectivity index (χ1n) is 8.05. The molecule has 0 aliphatic carbocycles. The van der Waals surface area contributed by atoms with Crippen molar-refractivity contribution in [3.8, 4) is 5.88 Å². The summed E-state index contributed by atoms with van der Waals surface area (Å²) in [6.45, 7) is 4.42. The molecule has 3 heterocycles. The summed E-state index contributed by atoms with van der Waals surface area (Å²) < 4.78 is 34.1. The molecule has 1 aromatic heterocycles. The van der Waals surface area contributed by atoms with Crippen LogP contribution >= 0.6 is 0 Å². The lowest BCUT2D eigenvalue weighted by Crippen LogP contribution is -2.42. The molecule has 0 spiro atoms. The molecule has 0 bridgehead atoms. The largest absolute Gasteiger partial charge is 0.472 e. The van der Waals surface area contributed by atoms with E-state index >= 15 is 0 Å². The second-order valence-corrected chi connectivity index (χ2v) is 6.65. The molecule has 2 aliphatic heterocycles. The van der Waals surface area contributed by atoms with Gasteiger partial charge in [0, 0.05) is 17.7 Å². The minimum atomic E-state index is -0.953. The SMILES string of the molecule is CC1C=CC2(C)Cn3c(cc(OCc4cccc(F)c4F)nc3=O)N12. The van der Waals surface area contributed by atoms with E-state index in [1.165, 1.54) is 12.1 Å². The maximum Gasteiger partial charge on any atom is 0.352 e. The molecule has 2 atom stereocenters. The first-order chi connectivity index (χ1) is 11.9. The van der Waals surface area contributed by atoms with Crippen LogP contribution in [0.2, 0.25) is 0 Å². The van der Waals surface area contributed by atoms with E-state index < -0.39 is 17.3 Å². The van der Waals surface area contributed by atoms with Gasteiger partial charge in [-0.05, 0) is 19.9 Å². The predicted octanol–water partition coefficient (Wildman–Crippen LogP) is 2.64. The summed E-state index contributed by atoms with van der Waals surface area (Å²) in [5.74, 6) is -1.07. The minimum Gasteiger partial charge on any atom is -0.472 e. The number of anilines is 1. The highest BCUT2D eigenvalue weighted by Crippen LogP contribution is 2.40. The summed E-state index contributed by atoms with van der Waals surface area (Å²) in [6.07, 6.45) is 4.18. The quantitative estimate of drug-likeness (QED) is 0.803. The number of nitrogens with zero attached hydrogens (tertiary/aromatic N) is 3. The second kappa shape index (κ2) is 5.40. The Kier molecular flexibility index (Phi) is 3.42.